The molecule has 0 bridgehead atoms. The van der Waals surface area contributed by atoms with Crippen LogP contribution in [0.3, 0.4) is 0 Å². The van der Waals surface area contributed by atoms with Crippen molar-refractivity contribution in [1.82, 2.24) is 14.8 Å². The summed E-state index contributed by atoms with van der Waals surface area (Å²) in [6.45, 7) is 1.89. The number of pyridine rings is 1. The van der Waals surface area contributed by atoms with Gasteiger partial charge in [-0.1, -0.05) is 47.5 Å². The first-order valence-corrected chi connectivity index (χ1v) is 10.5. The number of nitrogens with one attached hydrogen (secondary N) is 1. The predicted octanol–water partition coefficient (Wildman–Crippen LogP) is 6.17. The summed E-state index contributed by atoms with van der Waals surface area (Å²) in [5.41, 5.74) is 4.15. The quantitative estimate of drug-likeness (QED) is 0.416. The van der Waals surface area contributed by atoms with Crippen molar-refractivity contribution in [2.75, 3.05) is 5.32 Å². The Balaban J connectivity index is 1.68. The molecule has 5 nitrogen and oxygen atoms in total. The van der Waals surface area contributed by atoms with Gasteiger partial charge in [0.1, 0.15) is 0 Å². The number of fused-ring (bicyclic) bond motifs is 1. The number of amides is 1. The topological polar surface area (TPSA) is 59.8 Å². The van der Waals surface area contributed by atoms with E-state index in [1.54, 1.807) is 22.9 Å². The van der Waals surface area contributed by atoms with Gasteiger partial charge in [-0.05, 0) is 50.1 Å². The zero-order valence-corrected chi connectivity index (χ0v) is 17.7. The first kappa shape index (κ1) is 19.1. The average molecular weight is 437 g/mol. The Morgan fingerprint density at radius 1 is 1.07 bits per heavy atom. The largest absolute Gasteiger partial charge is 0.319 e. The first-order valence-electron chi connectivity index (χ1n) is 9.74. The van der Waals surface area contributed by atoms with Gasteiger partial charge < -0.3 is 5.32 Å². The Morgan fingerprint density at radius 3 is 2.43 bits per heavy atom. The van der Waals surface area contributed by atoms with E-state index in [2.05, 4.69) is 10.4 Å². The number of benzene rings is 2. The molecule has 1 aliphatic carbocycles. The lowest BCUT2D eigenvalue weighted by Gasteiger charge is -2.11. The number of halogens is 2. The zero-order valence-electron chi connectivity index (χ0n) is 16.2. The highest BCUT2D eigenvalue weighted by atomic mass is 35.5. The molecule has 2 heterocycles. The molecule has 150 valence electrons. The highest BCUT2D eigenvalue weighted by Crippen LogP contribution is 2.41. The summed E-state index contributed by atoms with van der Waals surface area (Å²) < 4.78 is 1.80. The van der Waals surface area contributed by atoms with E-state index >= 15 is 0 Å². The van der Waals surface area contributed by atoms with Crippen LogP contribution in [-0.4, -0.2) is 20.7 Å². The fraction of sp³-hybridized carbons (Fsp3) is 0.174. The average Bonchev–Trinajstić information content (AvgIpc) is 3.55. The van der Waals surface area contributed by atoms with E-state index < -0.39 is 0 Å². The van der Waals surface area contributed by atoms with E-state index in [-0.39, 0.29) is 5.91 Å². The lowest BCUT2D eigenvalue weighted by atomic mass is 10.1. The maximum atomic E-state index is 13.3. The van der Waals surface area contributed by atoms with Crippen molar-refractivity contribution in [1.29, 1.82) is 0 Å². The third-order valence-electron chi connectivity index (χ3n) is 5.27. The van der Waals surface area contributed by atoms with Gasteiger partial charge in [-0.2, -0.15) is 5.10 Å². The van der Waals surface area contributed by atoms with Gasteiger partial charge >= 0.3 is 0 Å². The summed E-state index contributed by atoms with van der Waals surface area (Å²) >= 11 is 12.5. The molecule has 0 unspecified atom stereocenters. The Bertz CT molecular complexity index is 1260. The molecule has 0 atom stereocenters. The number of aryl methyl sites for hydroxylation is 1. The molecule has 2 aromatic heterocycles. The molecule has 30 heavy (non-hydrogen) atoms. The summed E-state index contributed by atoms with van der Waals surface area (Å²) in [4.78, 5) is 18.2. The monoisotopic (exact) mass is 436 g/mol. The molecule has 5 rings (SSSR count). The zero-order chi connectivity index (χ0) is 20.8. The molecule has 2 aromatic carbocycles. The molecule has 1 amide bonds. The van der Waals surface area contributed by atoms with Crippen molar-refractivity contribution in [3.63, 3.8) is 0 Å². The van der Waals surface area contributed by atoms with Crippen LogP contribution in [-0.2, 0) is 0 Å². The minimum Gasteiger partial charge on any atom is -0.319 e. The Kier molecular flexibility index (Phi) is 4.72. The molecule has 0 aliphatic heterocycles. The van der Waals surface area contributed by atoms with Crippen LogP contribution in [0, 0.1) is 6.92 Å². The SMILES string of the molecule is Cc1nn(-c2ccccc2)c2nc(C3CC3)cc(C(=O)Nc3c(Cl)cccc3Cl)c12. The standard InChI is InChI=1S/C23H18Cl2N4O/c1-13-20-16(23(30)27-21-17(24)8-5-9-18(21)25)12-19(14-10-11-14)26-22(20)29(28-13)15-6-3-2-4-7-15/h2-9,12,14H,10-11H2,1H3,(H,27,30). The van der Waals surface area contributed by atoms with Crippen molar-refractivity contribution in [2.45, 2.75) is 25.7 Å². The minimum atomic E-state index is -0.282. The fourth-order valence-electron chi connectivity index (χ4n) is 3.62. The van der Waals surface area contributed by atoms with Gasteiger partial charge in [0.05, 0.1) is 38.1 Å². The first-order chi connectivity index (χ1) is 14.5. The summed E-state index contributed by atoms with van der Waals surface area (Å²) in [6.07, 6.45) is 2.16. The highest BCUT2D eigenvalue weighted by molar-refractivity contribution is 6.40. The molecule has 7 heteroatoms. The number of hydrogen-bond acceptors (Lipinski definition) is 3. The van der Waals surface area contributed by atoms with Crippen LogP contribution in [0.1, 0.15) is 40.5 Å². The van der Waals surface area contributed by atoms with Crippen LogP contribution in [0.4, 0.5) is 5.69 Å². The van der Waals surface area contributed by atoms with Crippen molar-refractivity contribution in [3.05, 3.63) is 81.6 Å². The van der Waals surface area contributed by atoms with Crippen molar-refractivity contribution >= 4 is 45.8 Å². The molecule has 4 aromatic rings. The van der Waals surface area contributed by atoms with Crippen LogP contribution in [0.2, 0.25) is 10.0 Å². The second-order valence-electron chi connectivity index (χ2n) is 7.45. The van der Waals surface area contributed by atoms with E-state index in [9.17, 15) is 4.79 Å². The van der Waals surface area contributed by atoms with Crippen molar-refractivity contribution in [3.8, 4) is 5.69 Å². The van der Waals surface area contributed by atoms with Crippen LogP contribution in [0.25, 0.3) is 16.7 Å². The molecule has 0 spiro atoms. The molecule has 0 radical (unpaired) electrons. The number of rotatable bonds is 4. The Morgan fingerprint density at radius 2 is 1.77 bits per heavy atom. The third-order valence-corrected chi connectivity index (χ3v) is 5.90. The summed E-state index contributed by atoms with van der Waals surface area (Å²) in [5, 5.41) is 9.07. The maximum Gasteiger partial charge on any atom is 0.256 e. The number of anilines is 1. The summed E-state index contributed by atoms with van der Waals surface area (Å²) in [7, 11) is 0. The molecule has 0 saturated heterocycles. The van der Waals surface area contributed by atoms with Crippen LogP contribution in [0.15, 0.2) is 54.6 Å². The normalized spacial score (nSPS) is 13.6. The van der Waals surface area contributed by atoms with Gasteiger partial charge in [0.25, 0.3) is 5.91 Å². The molecule has 1 fully saturated rings. The summed E-state index contributed by atoms with van der Waals surface area (Å²) in [6, 6.07) is 16.8. The van der Waals surface area contributed by atoms with Crippen LogP contribution < -0.4 is 5.32 Å². The molecule has 1 aliphatic rings. The number of carbonyl (C=O) groups excluding carboxylic acids is 1. The number of nitrogens with zero attached hydrogens (tertiary/aromatic N) is 3. The van der Waals surface area contributed by atoms with Crippen molar-refractivity contribution < 1.29 is 4.79 Å². The Labute approximate surface area is 183 Å². The van der Waals surface area contributed by atoms with Crippen molar-refractivity contribution in [2.24, 2.45) is 0 Å². The van der Waals surface area contributed by atoms with E-state index in [1.165, 1.54) is 0 Å². The van der Waals surface area contributed by atoms with Crippen LogP contribution >= 0.6 is 23.2 Å². The van der Waals surface area contributed by atoms with Gasteiger partial charge in [-0.15, -0.1) is 0 Å². The fourth-order valence-corrected chi connectivity index (χ4v) is 4.11. The number of aromatic nitrogens is 3. The Hall–Kier alpha value is -2.89. The van der Waals surface area contributed by atoms with E-state index in [1.807, 2.05) is 43.3 Å². The number of carbonyl (C=O) groups is 1. The second kappa shape index (κ2) is 7.42. The molecular formula is C23H18Cl2N4O. The van der Waals surface area contributed by atoms with Crippen LogP contribution in [0.5, 0.6) is 0 Å². The smallest absolute Gasteiger partial charge is 0.256 e. The lowest BCUT2D eigenvalue weighted by Crippen LogP contribution is -2.14. The van der Waals surface area contributed by atoms with Gasteiger partial charge in [0.15, 0.2) is 5.65 Å². The van der Waals surface area contributed by atoms with Gasteiger partial charge in [0, 0.05) is 11.6 Å². The van der Waals surface area contributed by atoms with E-state index in [4.69, 9.17) is 28.2 Å². The predicted molar refractivity (Wildman–Crippen MR) is 120 cm³/mol. The van der Waals surface area contributed by atoms with E-state index in [0.717, 1.165) is 35.3 Å². The van der Waals surface area contributed by atoms with Gasteiger partial charge in [0.2, 0.25) is 0 Å². The van der Waals surface area contributed by atoms with E-state index in [0.29, 0.717) is 32.9 Å². The lowest BCUT2D eigenvalue weighted by molar-refractivity contribution is 0.102. The highest BCUT2D eigenvalue weighted by Gasteiger charge is 2.29. The molecular weight excluding hydrogens is 419 g/mol. The molecule has 1 saturated carbocycles. The summed E-state index contributed by atoms with van der Waals surface area (Å²) in [5.74, 6) is 0.0966. The van der Waals surface area contributed by atoms with Gasteiger partial charge in [-0.25, -0.2) is 9.67 Å². The molecule has 1 N–H and O–H groups in total. The maximum absolute atomic E-state index is 13.3. The number of hydrogen-bond donors (Lipinski definition) is 1. The third kappa shape index (κ3) is 3.34. The number of para-hydroxylation sites is 2. The van der Waals surface area contributed by atoms with Gasteiger partial charge in [-0.3, -0.25) is 4.79 Å². The second-order valence-corrected chi connectivity index (χ2v) is 8.27. The minimum absolute atomic E-state index is 0.282.